The van der Waals surface area contributed by atoms with Crippen molar-refractivity contribution in [2.24, 2.45) is 0 Å². The Morgan fingerprint density at radius 1 is 1.45 bits per heavy atom. The fourth-order valence-corrected chi connectivity index (χ4v) is 0.850. The summed E-state index contributed by atoms with van der Waals surface area (Å²) in [6, 6.07) is 0. The number of aromatic nitrogens is 4. The summed E-state index contributed by atoms with van der Waals surface area (Å²) in [6.07, 6.45) is 1.46. The number of H-pyrrole nitrogens is 1. The Labute approximate surface area is 61.7 Å². The van der Waals surface area contributed by atoms with E-state index in [0.29, 0.717) is 11.2 Å². The molecule has 55 valence electrons. The molecule has 6 nitrogen and oxygen atoms in total. The fraction of sp³-hybridized carbons (Fsp3) is 0. The minimum absolute atomic E-state index is 0.0741. The van der Waals surface area contributed by atoms with Gasteiger partial charge in [0.1, 0.15) is 5.52 Å². The molecule has 0 saturated carbocycles. The molecule has 0 aromatic carbocycles. The van der Waals surface area contributed by atoms with Gasteiger partial charge in [0.2, 0.25) is 5.95 Å². The highest BCUT2D eigenvalue weighted by molar-refractivity contribution is 5.80. The monoisotopic (exact) mass is 149 g/mol. The van der Waals surface area contributed by atoms with Gasteiger partial charge in [-0.15, -0.1) is 0 Å². The molecule has 0 aliphatic heterocycles. The Balaban J connectivity index is 2.91. The summed E-state index contributed by atoms with van der Waals surface area (Å²) >= 11 is 0. The standard InChI is InChI=1S/C5H5N6/c6-3-2-4(9-1-8-2)11-5(7)10-3/h1,6H,(H3,7,8,9,10,11). The predicted molar refractivity (Wildman–Crippen MR) is 38.9 cm³/mol. The lowest BCUT2D eigenvalue weighted by molar-refractivity contribution is 1.19. The van der Waals surface area contributed by atoms with Gasteiger partial charge in [0.15, 0.2) is 11.5 Å². The Kier molecular flexibility index (Phi) is 0.974. The van der Waals surface area contributed by atoms with E-state index in [0.717, 1.165) is 0 Å². The summed E-state index contributed by atoms with van der Waals surface area (Å²) < 4.78 is 0. The first-order valence-electron chi connectivity index (χ1n) is 2.95. The van der Waals surface area contributed by atoms with Crippen LogP contribution in [0.25, 0.3) is 11.2 Å². The van der Waals surface area contributed by atoms with E-state index < -0.39 is 0 Å². The lowest BCUT2D eigenvalue weighted by atomic mass is 10.5. The maximum Gasteiger partial charge on any atom is 0.224 e. The molecular weight excluding hydrogens is 144 g/mol. The quantitative estimate of drug-likeness (QED) is 0.543. The molecule has 0 aliphatic carbocycles. The third kappa shape index (κ3) is 0.759. The van der Waals surface area contributed by atoms with Crippen molar-refractivity contribution < 1.29 is 0 Å². The highest BCUT2D eigenvalue weighted by Crippen LogP contribution is 2.14. The number of fused-ring (bicyclic) bond motifs is 1. The zero-order valence-corrected chi connectivity index (χ0v) is 5.50. The number of hydrogen-bond donors (Lipinski definition) is 2. The zero-order chi connectivity index (χ0) is 7.84. The van der Waals surface area contributed by atoms with E-state index in [1.165, 1.54) is 6.33 Å². The molecule has 0 fully saturated rings. The highest BCUT2D eigenvalue weighted by Gasteiger charge is 2.03. The Morgan fingerprint density at radius 3 is 3.09 bits per heavy atom. The van der Waals surface area contributed by atoms with Gasteiger partial charge < -0.3 is 10.7 Å². The van der Waals surface area contributed by atoms with Gasteiger partial charge in [0, 0.05) is 0 Å². The largest absolute Gasteiger partial charge is 0.368 e. The number of nitrogen functional groups attached to an aromatic ring is 1. The van der Waals surface area contributed by atoms with Crippen molar-refractivity contribution in [2.75, 3.05) is 5.73 Å². The molecule has 2 aromatic heterocycles. The molecule has 2 heterocycles. The number of rotatable bonds is 0. The summed E-state index contributed by atoms with van der Waals surface area (Å²) in [6.45, 7) is 0. The first-order chi connectivity index (χ1) is 5.27. The van der Waals surface area contributed by atoms with Crippen LogP contribution in [0.3, 0.4) is 0 Å². The lowest BCUT2D eigenvalue weighted by Gasteiger charge is -1.93. The summed E-state index contributed by atoms with van der Waals surface area (Å²) in [5, 5.41) is 0. The maximum atomic E-state index is 7.32. The lowest BCUT2D eigenvalue weighted by Crippen LogP contribution is -1.95. The second-order valence-corrected chi connectivity index (χ2v) is 2.03. The zero-order valence-electron chi connectivity index (χ0n) is 5.50. The highest BCUT2D eigenvalue weighted by atomic mass is 15.1. The van der Waals surface area contributed by atoms with Crippen LogP contribution in [0.5, 0.6) is 0 Å². The third-order valence-electron chi connectivity index (χ3n) is 1.30. The van der Waals surface area contributed by atoms with E-state index in [1.807, 2.05) is 0 Å². The molecule has 4 N–H and O–H groups in total. The topological polar surface area (TPSA) is 104 Å². The molecule has 1 radical (unpaired) electrons. The molecule has 0 spiro atoms. The number of anilines is 1. The third-order valence-corrected chi connectivity index (χ3v) is 1.30. The second kappa shape index (κ2) is 1.82. The van der Waals surface area contributed by atoms with Crippen molar-refractivity contribution in [3.8, 4) is 0 Å². The molecule has 11 heavy (non-hydrogen) atoms. The number of imidazole rings is 1. The molecule has 6 heteroatoms. The number of nitrogens with one attached hydrogen (secondary N) is 2. The smallest absolute Gasteiger partial charge is 0.224 e. The average Bonchev–Trinajstić information content (AvgIpc) is 2.34. The molecule has 2 rings (SSSR count). The van der Waals surface area contributed by atoms with Gasteiger partial charge in [-0.05, 0) is 0 Å². The number of hydrogen-bond acceptors (Lipinski definition) is 4. The van der Waals surface area contributed by atoms with Crippen LogP contribution in [0.1, 0.15) is 0 Å². The predicted octanol–water partition coefficient (Wildman–Crippen LogP) is -0.151. The van der Waals surface area contributed by atoms with E-state index in [9.17, 15) is 0 Å². The molecular formula is C5H5N6. The van der Waals surface area contributed by atoms with E-state index in [1.54, 1.807) is 0 Å². The van der Waals surface area contributed by atoms with Crippen molar-refractivity contribution in [1.29, 1.82) is 0 Å². The average molecular weight is 149 g/mol. The maximum absolute atomic E-state index is 7.32. The Morgan fingerprint density at radius 2 is 2.27 bits per heavy atom. The van der Waals surface area contributed by atoms with Crippen LogP contribution in [-0.4, -0.2) is 19.9 Å². The normalized spacial score (nSPS) is 10.5. The van der Waals surface area contributed by atoms with Crippen molar-refractivity contribution in [3.05, 3.63) is 6.33 Å². The SMILES string of the molecule is [NH]c1nc(N)nc2nc[nH]c12. The van der Waals surface area contributed by atoms with Crippen LogP contribution in [0.4, 0.5) is 11.8 Å². The number of nitrogens with zero attached hydrogens (tertiary/aromatic N) is 3. The van der Waals surface area contributed by atoms with Gasteiger partial charge >= 0.3 is 0 Å². The second-order valence-electron chi connectivity index (χ2n) is 2.03. The number of nitrogens with two attached hydrogens (primary N) is 1. The first-order valence-corrected chi connectivity index (χ1v) is 2.95. The first kappa shape index (κ1) is 5.90. The van der Waals surface area contributed by atoms with Crippen LogP contribution in [0.15, 0.2) is 6.33 Å². The van der Waals surface area contributed by atoms with Gasteiger partial charge in [-0.2, -0.15) is 9.97 Å². The van der Waals surface area contributed by atoms with Crippen molar-refractivity contribution in [3.63, 3.8) is 0 Å². The minimum atomic E-state index is 0.0741. The van der Waals surface area contributed by atoms with Crippen LogP contribution in [-0.2, 0) is 0 Å². The molecule has 0 atom stereocenters. The molecule has 0 saturated heterocycles. The van der Waals surface area contributed by atoms with Crippen molar-refractivity contribution >= 4 is 22.9 Å². The molecule has 0 bridgehead atoms. The van der Waals surface area contributed by atoms with Gasteiger partial charge in [0.25, 0.3) is 0 Å². The summed E-state index contributed by atoms with van der Waals surface area (Å²) in [5.41, 5.74) is 13.6. The summed E-state index contributed by atoms with van der Waals surface area (Å²) in [7, 11) is 0. The van der Waals surface area contributed by atoms with Gasteiger partial charge in [-0.1, -0.05) is 0 Å². The van der Waals surface area contributed by atoms with Gasteiger partial charge in [-0.25, -0.2) is 4.98 Å². The molecule has 2 aromatic rings. The van der Waals surface area contributed by atoms with Crippen molar-refractivity contribution in [2.45, 2.75) is 0 Å². The van der Waals surface area contributed by atoms with Crippen LogP contribution in [0, 0.1) is 0 Å². The summed E-state index contributed by atoms with van der Waals surface area (Å²) in [4.78, 5) is 14.0. The molecule has 0 amide bonds. The van der Waals surface area contributed by atoms with Crippen LogP contribution in [0.2, 0.25) is 0 Å². The van der Waals surface area contributed by atoms with Crippen LogP contribution >= 0.6 is 0 Å². The van der Waals surface area contributed by atoms with Gasteiger partial charge in [0.05, 0.1) is 6.33 Å². The molecule has 0 unspecified atom stereocenters. The Bertz CT molecular complexity index is 391. The van der Waals surface area contributed by atoms with E-state index in [-0.39, 0.29) is 11.8 Å². The van der Waals surface area contributed by atoms with E-state index in [4.69, 9.17) is 11.5 Å². The number of aromatic amines is 1. The molecule has 0 aliphatic rings. The van der Waals surface area contributed by atoms with Gasteiger partial charge in [-0.3, -0.25) is 5.73 Å². The van der Waals surface area contributed by atoms with Crippen LogP contribution < -0.4 is 11.5 Å². The van der Waals surface area contributed by atoms with E-state index in [2.05, 4.69) is 19.9 Å². The van der Waals surface area contributed by atoms with E-state index >= 15 is 0 Å². The fourth-order valence-electron chi connectivity index (χ4n) is 0.850. The minimum Gasteiger partial charge on any atom is -0.368 e. The van der Waals surface area contributed by atoms with Crippen molar-refractivity contribution in [1.82, 2.24) is 25.7 Å². The Hall–Kier alpha value is -1.85. The summed E-state index contributed by atoms with van der Waals surface area (Å²) in [5.74, 6) is 0.152.